The molecule has 0 aromatic carbocycles. The lowest BCUT2D eigenvalue weighted by Crippen LogP contribution is -2.36. The maximum Gasteiger partial charge on any atom is 0.122 e. The van der Waals surface area contributed by atoms with Crippen LogP contribution in [0, 0.1) is 11.3 Å². The summed E-state index contributed by atoms with van der Waals surface area (Å²) in [6.07, 6.45) is 9.23. The van der Waals surface area contributed by atoms with E-state index in [1.807, 2.05) is 12.4 Å². The fourth-order valence-corrected chi connectivity index (χ4v) is 2.97. The van der Waals surface area contributed by atoms with Crippen LogP contribution in [0.5, 0.6) is 0 Å². The van der Waals surface area contributed by atoms with Gasteiger partial charge in [-0.25, -0.2) is 4.98 Å². The molecule has 18 heavy (non-hydrogen) atoms. The van der Waals surface area contributed by atoms with Gasteiger partial charge in [-0.1, -0.05) is 20.8 Å². The zero-order chi connectivity index (χ0) is 13.2. The molecule has 1 aliphatic rings. The van der Waals surface area contributed by atoms with Crippen LogP contribution in [0.3, 0.4) is 0 Å². The molecule has 2 rings (SSSR count). The third-order valence-corrected chi connectivity index (χ3v) is 4.42. The smallest absolute Gasteiger partial charge is 0.122 e. The number of imidazole rings is 1. The molecule has 1 aromatic heterocycles. The molecule has 0 spiro atoms. The summed E-state index contributed by atoms with van der Waals surface area (Å²) in [7, 11) is 2.06. The average Bonchev–Trinajstić information content (AvgIpc) is 2.72. The Morgan fingerprint density at radius 2 is 1.94 bits per heavy atom. The Hall–Kier alpha value is -0.830. The average molecular weight is 249 g/mol. The first-order chi connectivity index (χ1) is 8.47. The Labute approximate surface area is 111 Å². The van der Waals surface area contributed by atoms with Gasteiger partial charge in [0, 0.05) is 25.5 Å². The molecule has 0 unspecified atom stereocenters. The number of nitrogens with one attached hydrogen (secondary N) is 1. The minimum atomic E-state index is 0.477. The quantitative estimate of drug-likeness (QED) is 0.892. The highest BCUT2D eigenvalue weighted by molar-refractivity contribution is 4.92. The highest BCUT2D eigenvalue weighted by Gasteiger charge is 2.29. The fraction of sp³-hybridized carbons (Fsp3) is 0.800. The predicted octanol–water partition coefficient (Wildman–Crippen LogP) is 3.11. The maximum atomic E-state index is 4.35. The molecule has 1 fully saturated rings. The summed E-state index contributed by atoms with van der Waals surface area (Å²) in [6.45, 7) is 8.02. The van der Waals surface area contributed by atoms with Crippen LogP contribution in [0.25, 0.3) is 0 Å². The number of aromatic nitrogens is 2. The standard InChI is InChI=1S/C15H27N3/c1-15(2,3)12-5-7-13(8-6-12)17-11-14-16-9-10-18(14)4/h9-10,12-13,17H,5-8,11H2,1-4H3. The molecule has 3 heteroatoms. The Bertz CT molecular complexity index is 367. The normalized spacial score (nSPS) is 25.3. The van der Waals surface area contributed by atoms with Crippen molar-refractivity contribution < 1.29 is 0 Å². The van der Waals surface area contributed by atoms with Gasteiger partial charge in [-0.2, -0.15) is 0 Å². The van der Waals surface area contributed by atoms with E-state index in [1.165, 1.54) is 25.7 Å². The third kappa shape index (κ3) is 3.35. The number of hydrogen-bond donors (Lipinski definition) is 1. The molecule has 1 aliphatic carbocycles. The molecular weight excluding hydrogens is 222 g/mol. The third-order valence-electron chi connectivity index (χ3n) is 4.42. The Morgan fingerprint density at radius 1 is 1.28 bits per heavy atom. The van der Waals surface area contributed by atoms with Crippen LogP contribution in [0.15, 0.2) is 12.4 Å². The Morgan fingerprint density at radius 3 is 2.44 bits per heavy atom. The number of rotatable bonds is 3. The van der Waals surface area contributed by atoms with Crippen molar-refractivity contribution in [3.05, 3.63) is 18.2 Å². The summed E-state index contributed by atoms with van der Waals surface area (Å²) >= 11 is 0. The lowest BCUT2D eigenvalue weighted by atomic mass is 9.71. The molecule has 0 amide bonds. The van der Waals surface area contributed by atoms with Crippen molar-refractivity contribution in [3.63, 3.8) is 0 Å². The summed E-state index contributed by atoms with van der Waals surface area (Å²) in [6, 6.07) is 0.681. The van der Waals surface area contributed by atoms with E-state index in [-0.39, 0.29) is 0 Å². The summed E-state index contributed by atoms with van der Waals surface area (Å²) in [4.78, 5) is 4.35. The van der Waals surface area contributed by atoms with E-state index in [1.54, 1.807) is 0 Å². The number of hydrogen-bond acceptors (Lipinski definition) is 2. The van der Waals surface area contributed by atoms with Crippen molar-refractivity contribution in [3.8, 4) is 0 Å². The fourth-order valence-electron chi connectivity index (χ4n) is 2.97. The van der Waals surface area contributed by atoms with Gasteiger partial charge in [0.25, 0.3) is 0 Å². The maximum absolute atomic E-state index is 4.35. The van der Waals surface area contributed by atoms with Gasteiger partial charge in [-0.15, -0.1) is 0 Å². The van der Waals surface area contributed by atoms with Crippen LogP contribution in [-0.4, -0.2) is 15.6 Å². The van der Waals surface area contributed by atoms with Crippen molar-refractivity contribution in [2.75, 3.05) is 0 Å². The number of nitrogens with zero attached hydrogens (tertiary/aromatic N) is 2. The topological polar surface area (TPSA) is 29.9 Å². The Kier molecular flexibility index (Phi) is 4.10. The highest BCUT2D eigenvalue weighted by Crippen LogP contribution is 2.37. The molecule has 0 aliphatic heterocycles. The predicted molar refractivity (Wildman–Crippen MR) is 75.2 cm³/mol. The number of aryl methyl sites for hydroxylation is 1. The van der Waals surface area contributed by atoms with Gasteiger partial charge in [0.15, 0.2) is 0 Å². The summed E-state index contributed by atoms with van der Waals surface area (Å²) in [5, 5.41) is 3.65. The molecule has 1 aromatic rings. The molecule has 0 atom stereocenters. The first-order valence-electron chi connectivity index (χ1n) is 7.16. The van der Waals surface area contributed by atoms with Gasteiger partial charge in [0.2, 0.25) is 0 Å². The largest absolute Gasteiger partial charge is 0.337 e. The molecule has 1 heterocycles. The first-order valence-corrected chi connectivity index (χ1v) is 7.16. The van der Waals surface area contributed by atoms with Crippen molar-refractivity contribution in [1.29, 1.82) is 0 Å². The van der Waals surface area contributed by atoms with E-state index in [0.29, 0.717) is 11.5 Å². The van der Waals surface area contributed by atoms with Gasteiger partial charge in [-0.05, 0) is 37.0 Å². The lowest BCUT2D eigenvalue weighted by Gasteiger charge is -2.37. The van der Waals surface area contributed by atoms with Crippen molar-refractivity contribution in [2.45, 2.75) is 59.0 Å². The van der Waals surface area contributed by atoms with Crippen molar-refractivity contribution >= 4 is 0 Å². The van der Waals surface area contributed by atoms with Crippen LogP contribution in [0.2, 0.25) is 0 Å². The van der Waals surface area contributed by atoms with Crippen LogP contribution >= 0.6 is 0 Å². The second kappa shape index (κ2) is 5.43. The molecule has 3 nitrogen and oxygen atoms in total. The SMILES string of the molecule is Cn1ccnc1CNC1CCC(C(C)(C)C)CC1. The van der Waals surface area contributed by atoms with Crippen LogP contribution in [0.1, 0.15) is 52.3 Å². The second-order valence-electron chi connectivity index (χ2n) is 6.75. The minimum absolute atomic E-state index is 0.477. The molecular formula is C15H27N3. The van der Waals surface area contributed by atoms with Gasteiger partial charge in [0.05, 0.1) is 6.54 Å². The molecule has 1 saturated carbocycles. The van der Waals surface area contributed by atoms with Gasteiger partial charge >= 0.3 is 0 Å². The highest BCUT2D eigenvalue weighted by atomic mass is 15.1. The van der Waals surface area contributed by atoms with E-state index in [0.717, 1.165) is 18.3 Å². The van der Waals surface area contributed by atoms with Crippen LogP contribution in [-0.2, 0) is 13.6 Å². The zero-order valence-electron chi connectivity index (χ0n) is 12.2. The van der Waals surface area contributed by atoms with Gasteiger partial charge in [-0.3, -0.25) is 0 Å². The summed E-state index contributed by atoms with van der Waals surface area (Å²) in [5.74, 6) is 2.02. The molecule has 102 valence electrons. The second-order valence-corrected chi connectivity index (χ2v) is 6.75. The van der Waals surface area contributed by atoms with E-state index < -0.39 is 0 Å². The van der Waals surface area contributed by atoms with E-state index in [2.05, 4.69) is 42.7 Å². The van der Waals surface area contributed by atoms with Crippen molar-refractivity contribution in [1.82, 2.24) is 14.9 Å². The molecule has 0 bridgehead atoms. The summed E-state index contributed by atoms with van der Waals surface area (Å²) < 4.78 is 2.09. The van der Waals surface area contributed by atoms with E-state index in [9.17, 15) is 0 Å². The monoisotopic (exact) mass is 249 g/mol. The van der Waals surface area contributed by atoms with Gasteiger partial charge in [0.1, 0.15) is 5.82 Å². The van der Waals surface area contributed by atoms with E-state index >= 15 is 0 Å². The lowest BCUT2D eigenvalue weighted by molar-refractivity contribution is 0.159. The van der Waals surface area contributed by atoms with Crippen LogP contribution in [0.4, 0.5) is 0 Å². The minimum Gasteiger partial charge on any atom is -0.337 e. The van der Waals surface area contributed by atoms with Gasteiger partial charge < -0.3 is 9.88 Å². The molecule has 1 N–H and O–H groups in total. The Balaban J connectivity index is 1.76. The zero-order valence-corrected chi connectivity index (χ0v) is 12.2. The molecule has 0 saturated heterocycles. The summed E-state index contributed by atoms with van der Waals surface area (Å²) in [5.41, 5.74) is 0.477. The molecule has 0 radical (unpaired) electrons. The first kappa shape index (κ1) is 13.6. The van der Waals surface area contributed by atoms with Crippen molar-refractivity contribution in [2.24, 2.45) is 18.4 Å². The van der Waals surface area contributed by atoms with E-state index in [4.69, 9.17) is 0 Å². The van der Waals surface area contributed by atoms with Crippen LogP contribution < -0.4 is 5.32 Å².